The maximum atomic E-state index is 13.0. The maximum Gasteiger partial charge on any atom is 0.416 e. The van der Waals surface area contributed by atoms with E-state index in [1.54, 1.807) is 30.3 Å². The number of alkyl halides is 5. The van der Waals surface area contributed by atoms with E-state index in [-0.39, 0.29) is 5.69 Å². The molecule has 1 amide bonds. The van der Waals surface area contributed by atoms with E-state index < -0.39 is 28.5 Å². The summed E-state index contributed by atoms with van der Waals surface area (Å²) in [7, 11) is 0. The summed E-state index contributed by atoms with van der Waals surface area (Å²) in [6.45, 7) is 3.69. The van der Waals surface area contributed by atoms with Crippen LogP contribution in [0.4, 0.5) is 18.9 Å². The van der Waals surface area contributed by atoms with Gasteiger partial charge in [0.05, 0.1) is 11.6 Å². The SMILES string of the molecule is C=CC(c1ccccc1)N(C(=O)C(Cl)Cl)c1cccc(C(F)(F)F)c1. The highest BCUT2D eigenvalue weighted by Crippen LogP contribution is 2.35. The largest absolute Gasteiger partial charge is 0.416 e. The Labute approximate surface area is 153 Å². The number of rotatable bonds is 5. The normalized spacial score (nSPS) is 12.7. The summed E-state index contributed by atoms with van der Waals surface area (Å²) in [5.41, 5.74) is -0.184. The molecule has 0 spiro atoms. The molecule has 0 aliphatic carbocycles. The number of carbonyl (C=O) groups is 1. The third-order valence-electron chi connectivity index (χ3n) is 3.52. The first kappa shape index (κ1) is 19.3. The van der Waals surface area contributed by atoms with Crippen LogP contribution in [0.5, 0.6) is 0 Å². The van der Waals surface area contributed by atoms with Crippen LogP contribution in [0.25, 0.3) is 0 Å². The fourth-order valence-corrected chi connectivity index (χ4v) is 2.61. The summed E-state index contributed by atoms with van der Waals surface area (Å²) >= 11 is 11.4. The van der Waals surface area contributed by atoms with Crippen molar-refractivity contribution < 1.29 is 18.0 Å². The molecule has 2 aromatic carbocycles. The summed E-state index contributed by atoms with van der Waals surface area (Å²) in [5, 5.41) is 0. The molecule has 1 atom stereocenters. The topological polar surface area (TPSA) is 20.3 Å². The van der Waals surface area contributed by atoms with Gasteiger partial charge < -0.3 is 0 Å². The van der Waals surface area contributed by atoms with E-state index in [0.29, 0.717) is 5.56 Å². The van der Waals surface area contributed by atoms with Gasteiger partial charge in [-0.2, -0.15) is 13.2 Å². The lowest BCUT2D eigenvalue weighted by molar-refractivity contribution is -0.137. The summed E-state index contributed by atoms with van der Waals surface area (Å²) in [6, 6.07) is 12.4. The predicted octanol–water partition coefficient (Wildman–Crippen LogP) is 5.77. The van der Waals surface area contributed by atoms with E-state index >= 15 is 0 Å². The van der Waals surface area contributed by atoms with Crippen molar-refractivity contribution in [3.8, 4) is 0 Å². The van der Waals surface area contributed by atoms with Crippen LogP contribution in [0.3, 0.4) is 0 Å². The molecule has 25 heavy (non-hydrogen) atoms. The summed E-state index contributed by atoms with van der Waals surface area (Å²) in [4.78, 5) is 12.2. The molecule has 0 N–H and O–H groups in total. The number of nitrogens with zero attached hydrogens (tertiary/aromatic N) is 1. The molecule has 7 heteroatoms. The van der Waals surface area contributed by atoms with Crippen molar-refractivity contribution in [2.45, 2.75) is 17.1 Å². The Hall–Kier alpha value is -1.98. The molecule has 2 aromatic rings. The average Bonchev–Trinajstić information content (AvgIpc) is 2.59. The zero-order chi connectivity index (χ0) is 18.6. The fraction of sp³-hybridized carbons (Fsp3) is 0.167. The van der Waals surface area contributed by atoms with Crippen LogP contribution < -0.4 is 4.90 Å². The highest BCUT2D eigenvalue weighted by Gasteiger charge is 2.33. The van der Waals surface area contributed by atoms with Crippen molar-refractivity contribution in [3.05, 3.63) is 78.4 Å². The van der Waals surface area contributed by atoms with Gasteiger partial charge in [-0.3, -0.25) is 9.69 Å². The third-order valence-corrected chi connectivity index (χ3v) is 3.89. The fourth-order valence-electron chi connectivity index (χ4n) is 2.40. The van der Waals surface area contributed by atoms with Crippen LogP contribution in [0.1, 0.15) is 17.2 Å². The van der Waals surface area contributed by atoms with Gasteiger partial charge in [0, 0.05) is 5.69 Å². The Morgan fingerprint density at radius 2 is 1.72 bits per heavy atom. The van der Waals surface area contributed by atoms with E-state index in [1.165, 1.54) is 18.2 Å². The van der Waals surface area contributed by atoms with Crippen molar-refractivity contribution in [3.63, 3.8) is 0 Å². The highest BCUT2D eigenvalue weighted by molar-refractivity contribution is 6.54. The van der Waals surface area contributed by atoms with Gasteiger partial charge in [-0.05, 0) is 23.8 Å². The maximum absolute atomic E-state index is 13.0. The predicted molar refractivity (Wildman–Crippen MR) is 93.8 cm³/mol. The molecule has 2 nitrogen and oxygen atoms in total. The molecule has 132 valence electrons. The molecular weight excluding hydrogens is 374 g/mol. The molecule has 0 aliphatic rings. The first-order valence-electron chi connectivity index (χ1n) is 7.21. The lowest BCUT2D eigenvalue weighted by Gasteiger charge is -2.31. The van der Waals surface area contributed by atoms with E-state index in [4.69, 9.17) is 23.2 Å². The first-order chi connectivity index (χ1) is 11.8. The molecular formula is C18H14Cl2F3NO. The van der Waals surface area contributed by atoms with Gasteiger partial charge in [0.2, 0.25) is 0 Å². The molecule has 0 saturated heterocycles. The van der Waals surface area contributed by atoms with Gasteiger partial charge in [-0.25, -0.2) is 0 Å². The molecule has 0 bridgehead atoms. The zero-order valence-corrected chi connectivity index (χ0v) is 14.4. The third kappa shape index (κ3) is 4.55. The zero-order valence-electron chi connectivity index (χ0n) is 12.9. The van der Waals surface area contributed by atoms with Gasteiger partial charge in [-0.1, -0.05) is 65.7 Å². The number of hydrogen-bond acceptors (Lipinski definition) is 1. The number of amides is 1. The molecule has 0 aliphatic heterocycles. The highest BCUT2D eigenvalue weighted by atomic mass is 35.5. The monoisotopic (exact) mass is 387 g/mol. The smallest absolute Gasteiger partial charge is 0.299 e. The van der Waals surface area contributed by atoms with Crippen molar-refractivity contribution in [2.75, 3.05) is 4.90 Å². The first-order valence-corrected chi connectivity index (χ1v) is 8.09. The quantitative estimate of drug-likeness (QED) is 0.471. The van der Waals surface area contributed by atoms with Gasteiger partial charge in [0.25, 0.3) is 5.91 Å². The number of halogens is 5. The molecule has 0 heterocycles. The Morgan fingerprint density at radius 1 is 1.08 bits per heavy atom. The second-order valence-electron chi connectivity index (χ2n) is 5.15. The Balaban J connectivity index is 2.57. The van der Waals surface area contributed by atoms with E-state index in [2.05, 4.69) is 6.58 Å². The standard InChI is InChI=1S/C18H14Cl2F3NO/c1-2-15(12-7-4-3-5-8-12)24(17(25)16(19)20)14-10-6-9-13(11-14)18(21,22)23/h2-11,15-16H,1H2. The van der Waals surface area contributed by atoms with Crippen LogP contribution in [-0.4, -0.2) is 10.7 Å². The number of anilines is 1. The van der Waals surface area contributed by atoms with Crippen molar-refractivity contribution in [2.24, 2.45) is 0 Å². The minimum atomic E-state index is -4.54. The second kappa shape index (κ2) is 7.93. The Kier molecular flexibility index (Phi) is 6.14. The van der Waals surface area contributed by atoms with Crippen LogP contribution >= 0.6 is 23.2 Å². The molecule has 0 fully saturated rings. The molecule has 0 aromatic heterocycles. The average molecular weight is 388 g/mol. The van der Waals surface area contributed by atoms with Crippen molar-refractivity contribution >= 4 is 34.8 Å². The van der Waals surface area contributed by atoms with Crippen LogP contribution in [0, 0.1) is 0 Å². The Morgan fingerprint density at radius 3 is 2.24 bits per heavy atom. The number of carbonyl (C=O) groups excluding carboxylic acids is 1. The summed E-state index contributed by atoms with van der Waals surface area (Å²) in [5.74, 6) is -0.739. The lowest BCUT2D eigenvalue weighted by atomic mass is 10.0. The molecule has 2 rings (SSSR count). The number of benzene rings is 2. The minimum Gasteiger partial charge on any atom is -0.299 e. The van der Waals surface area contributed by atoms with Crippen molar-refractivity contribution in [1.82, 2.24) is 0 Å². The lowest BCUT2D eigenvalue weighted by Crippen LogP contribution is -2.37. The molecule has 0 radical (unpaired) electrons. The summed E-state index contributed by atoms with van der Waals surface area (Å²) < 4.78 is 39.1. The van der Waals surface area contributed by atoms with Crippen LogP contribution in [0.15, 0.2) is 67.3 Å². The van der Waals surface area contributed by atoms with Gasteiger partial charge in [0.1, 0.15) is 0 Å². The van der Waals surface area contributed by atoms with Gasteiger partial charge >= 0.3 is 6.18 Å². The summed E-state index contributed by atoms with van der Waals surface area (Å²) in [6.07, 6.45) is -3.09. The van der Waals surface area contributed by atoms with Crippen molar-refractivity contribution in [1.29, 1.82) is 0 Å². The van der Waals surface area contributed by atoms with Crippen LogP contribution in [0.2, 0.25) is 0 Å². The number of hydrogen-bond donors (Lipinski definition) is 0. The van der Waals surface area contributed by atoms with E-state index in [0.717, 1.165) is 17.0 Å². The minimum absolute atomic E-state index is 0.0277. The second-order valence-corrected chi connectivity index (χ2v) is 6.24. The van der Waals surface area contributed by atoms with Gasteiger partial charge in [0.15, 0.2) is 4.84 Å². The van der Waals surface area contributed by atoms with Crippen LogP contribution in [-0.2, 0) is 11.0 Å². The van der Waals surface area contributed by atoms with E-state index in [9.17, 15) is 18.0 Å². The molecule has 1 unspecified atom stereocenters. The van der Waals surface area contributed by atoms with E-state index in [1.807, 2.05) is 0 Å². The van der Waals surface area contributed by atoms with Gasteiger partial charge in [-0.15, -0.1) is 6.58 Å². The Bertz CT molecular complexity index is 747. The molecule has 0 saturated carbocycles.